The number of nitrogens with one attached hydrogen (secondary N) is 2. The van der Waals surface area contributed by atoms with Gasteiger partial charge in [-0.1, -0.05) is 24.3 Å². The molecule has 2 amide bonds. The molecule has 0 spiro atoms. The molecule has 3 aliphatic rings. The summed E-state index contributed by atoms with van der Waals surface area (Å²) in [5, 5.41) is 15.5. The Morgan fingerprint density at radius 1 is 0.935 bits per heavy atom. The zero-order valence-electron chi connectivity index (χ0n) is 25.3. The number of benzene rings is 3. The van der Waals surface area contributed by atoms with Crippen molar-refractivity contribution in [1.29, 1.82) is 0 Å². The molecular formula is C34H36F3N5O4. The average molecular weight is 636 g/mol. The fourth-order valence-electron chi connectivity index (χ4n) is 6.01. The van der Waals surface area contributed by atoms with E-state index in [-0.39, 0.29) is 11.5 Å². The Kier molecular flexibility index (Phi) is 9.39. The lowest BCUT2D eigenvalue weighted by atomic mass is 9.98. The van der Waals surface area contributed by atoms with Crippen LogP contribution in [0.25, 0.3) is 11.1 Å². The highest BCUT2D eigenvalue weighted by atomic mass is 19.4. The zero-order chi connectivity index (χ0) is 32.3. The van der Waals surface area contributed by atoms with Gasteiger partial charge in [0.2, 0.25) is 0 Å². The number of hydrogen-bond acceptors (Lipinski definition) is 7. The van der Waals surface area contributed by atoms with Crippen LogP contribution in [0.2, 0.25) is 0 Å². The Hall–Kier alpha value is -4.26. The first-order chi connectivity index (χ1) is 22.1. The van der Waals surface area contributed by atoms with Gasteiger partial charge in [0, 0.05) is 61.8 Å². The van der Waals surface area contributed by atoms with E-state index in [2.05, 4.69) is 20.5 Å². The number of hydrogen-bond donors (Lipinski definition) is 3. The van der Waals surface area contributed by atoms with E-state index in [9.17, 15) is 27.9 Å². The highest BCUT2D eigenvalue weighted by Gasteiger charge is 2.33. The van der Waals surface area contributed by atoms with Crippen LogP contribution in [-0.2, 0) is 22.3 Å². The number of fused-ring (bicyclic) bond motifs is 1. The Bertz CT molecular complexity index is 1630. The number of alkyl halides is 3. The van der Waals surface area contributed by atoms with Gasteiger partial charge in [-0.25, -0.2) is 0 Å². The van der Waals surface area contributed by atoms with E-state index in [4.69, 9.17) is 4.74 Å². The third-order valence-corrected chi connectivity index (χ3v) is 8.59. The Morgan fingerprint density at radius 3 is 2.46 bits per heavy atom. The van der Waals surface area contributed by atoms with Crippen LogP contribution in [0.4, 0.5) is 24.5 Å². The van der Waals surface area contributed by atoms with E-state index in [1.807, 2.05) is 24.3 Å². The quantitative estimate of drug-likeness (QED) is 0.340. The largest absolute Gasteiger partial charge is 0.416 e. The molecule has 9 nitrogen and oxygen atoms in total. The molecule has 3 heterocycles. The third kappa shape index (κ3) is 7.41. The van der Waals surface area contributed by atoms with Gasteiger partial charge in [0.15, 0.2) is 0 Å². The Morgan fingerprint density at radius 2 is 1.70 bits per heavy atom. The molecule has 0 bridgehead atoms. The number of aliphatic hydroxyl groups excluding tert-OH is 1. The van der Waals surface area contributed by atoms with E-state index < -0.39 is 23.8 Å². The van der Waals surface area contributed by atoms with Gasteiger partial charge >= 0.3 is 6.18 Å². The zero-order valence-corrected chi connectivity index (χ0v) is 25.3. The maximum absolute atomic E-state index is 13.8. The molecule has 3 aromatic rings. The predicted octanol–water partition coefficient (Wildman–Crippen LogP) is 4.34. The smallest absolute Gasteiger partial charge is 0.393 e. The number of piperidine rings is 1. The minimum atomic E-state index is -4.62. The molecule has 242 valence electrons. The lowest BCUT2D eigenvalue weighted by Crippen LogP contribution is -2.42. The molecule has 3 aromatic carbocycles. The highest BCUT2D eigenvalue weighted by molar-refractivity contribution is 6.46. The monoisotopic (exact) mass is 635 g/mol. The summed E-state index contributed by atoms with van der Waals surface area (Å²) in [4.78, 5) is 34.6. The lowest BCUT2D eigenvalue weighted by Gasteiger charge is -2.32. The van der Waals surface area contributed by atoms with Crippen LogP contribution >= 0.6 is 0 Å². The van der Waals surface area contributed by atoms with Crippen molar-refractivity contribution in [3.05, 3.63) is 82.9 Å². The molecule has 3 N–H and O–H groups in total. The van der Waals surface area contributed by atoms with Crippen LogP contribution in [0, 0.1) is 0 Å². The van der Waals surface area contributed by atoms with Gasteiger partial charge in [-0.3, -0.25) is 19.5 Å². The number of morpholine rings is 1. The number of anilines is 2. The van der Waals surface area contributed by atoms with Gasteiger partial charge in [0.1, 0.15) is 5.71 Å². The summed E-state index contributed by atoms with van der Waals surface area (Å²) in [6.07, 6.45) is -4.21. The van der Waals surface area contributed by atoms with Crippen molar-refractivity contribution < 1.29 is 32.6 Å². The molecular weight excluding hydrogens is 599 g/mol. The van der Waals surface area contributed by atoms with E-state index in [0.717, 1.165) is 54.0 Å². The van der Waals surface area contributed by atoms with Gasteiger partial charge < -0.3 is 25.4 Å². The van der Waals surface area contributed by atoms with Crippen molar-refractivity contribution in [2.75, 3.05) is 62.7 Å². The van der Waals surface area contributed by atoms with Crippen LogP contribution in [0.1, 0.15) is 39.9 Å². The molecule has 0 radical (unpaired) electrons. The second-order valence-electron chi connectivity index (χ2n) is 11.8. The first-order valence-electron chi connectivity index (χ1n) is 15.5. The number of aliphatic hydroxyl groups is 1. The Labute approximate surface area is 265 Å². The number of carbonyl (C=O) groups excluding carboxylic acids is 2. The number of ether oxygens (including phenoxy) is 1. The van der Waals surface area contributed by atoms with Crippen LogP contribution in [0.15, 0.2) is 65.7 Å². The molecule has 0 atom stereocenters. The van der Waals surface area contributed by atoms with Crippen molar-refractivity contribution in [3.8, 4) is 11.1 Å². The number of carbonyl (C=O) groups is 2. The first-order valence-corrected chi connectivity index (χ1v) is 15.5. The lowest BCUT2D eigenvalue weighted by molar-refractivity contribution is -0.137. The second kappa shape index (κ2) is 13.6. The van der Waals surface area contributed by atoms with Gasteiger partial charge in [0.25, 0.3) is 11.8 Å². The summed E-state index contributed by atoms with van der Waals surface area (Å²) < 4.78 is 46.7. The molecule has 0 aliphatic carbocycles. The SMILES string of the molecule is O=C(NCCN1CCOCC1)C1=NCc2cc(-c3cccc(NC(=O)c4cc(N5CCC(O)CC5)cc(C(F)(F)F)c4)c3)ccc21. The molecule has 46 heavy (non-hydrogen) atoms. The Balaban J connectivity index is 1.13. The fourth-order valence-corrected chi connectivity index (χ4v) is 6.01. The molecule has 3 aliphatic heterocycles. The molecule has 12 heteroatoms. The molecule has 0 aromatic heterocycles. The van der Waals surface area contributed by atoms with Crippen LogP contribution in [0.5, 0.6) is 0 Å². The summed E-state index contributed by atoms with van der Waals surface area (Å²) in [6.45, 7) is 5.56. The minimum absolute atomic E-state index is 0.105. The maximum Gasteiger partial charge on any atom is 0.416 e. The van der Waals surface area contributed by atoms with E-state index in [1.54, 1.807) is 23.1 Å². The van der Waals surface area contributed by atoms with Crippen LogP contribution < -0.4 is 15.5 Å². The van der Waals surface area contributed by atoms with Crippen molar-refractivity contribution in [3.63, 3.8) is 0 Å². The summed E-state index contributed by atoms with van der Waals surface area (Å²) in [5.74, 6) is -0.867. The summed E-state index contributed by atoms with van der Waals surface area (Å²) in [5.41, 5.74) is 3.46. The maximum atomic E-state index is 13.8. The van der Waals surface area contributed by atoms with E-state index >= 15 is 0 Å². The van der Waals surface area contributed by atoms with Crippen molar-refractivity contribution in [1.82, 2.24) is 10.2 Å². The highest BCUT2D eigenvalue weighted by Crippen LogP contribution is 2.34. The molecule has 2 saturated heterocycles. The predicted molar refractivity (Wildman–Crippen MR) is 169 cm³/mol. The molecule has 2 fully saturated rings. The van der Waals surface area contributed by atoms with Crippen molar-refractivity contribution in [2.45, 2.75) is 31.7 Å². The first kappa shape index (κ1) is 31.7. The summed E-state index contributed by atoms with van der Waals surface area (Å²) >= 11 is 0. The normalized spacial score (nSPS) is 17.4. The standard InChI is InChI=1S/C34H36F3N5O4/c35-34(36,37)26-17-24(19-28(20-26)42-9-6-29(43)7-10-42)32(44)40-27-3-1-2-22(18-27)23-4-5-30-25(16-23)21-39-31(30)33(45)38-8-11-41-12-14-46-15-13-41/h1-5,16-20,29,43H,6-15,21H2,(H,38,45)(H,40,44). The minimum Gasteiger partial charge on any atom is -0.393 e. The summed E-state index contributed by atoms with van der Waals surface area (Å²) in [6, 6.07) is 16.2. The van der Waals surface area contributed by atoms with Crippen molar-refractivity contribution in [2.24, 2.45) is 4.99 Å². The van der Waals surface area contributed by atoms with Gasteiger partial charge in [-0.2, -0.15) is 13.2 Å². The number of aliphatic imine (C=N–C) groups is 1. The number of amides is 2. The number of halogens is 3. The topological polar surface area (TPSA) is 106 Å². The van der Waals surface area contributed by atoms with Gasteiger partial charge in [-0.05, 0) is 65.9 Å². The van der Waals surface area contributed by atoms with Gasteiger partial charge in [-0.15, -0.1) is 0 Å². The molecule has 6 rings (SSSR count). The molecule has 0 saturated carbocycles. The van der Waals surface area contributed by atoms with E-state index in [1.165, 1.54) is 6.07 Å². The molecule has 0 unspecified atom stereocenters. The second-order valence-corrected chi connectivity index (χ2v) is 11.8. The van der Waals surface area contributed by atoms with Gasteiger partial charge in [0.05, 0.1) is 31.4 Å². The van der Waals surface area contributed by atoms with Crippen LogP contribution in [-0.4, -0.2) is 86.1 Å². The van der Waals surface area contributed by atoms with E-state index in [0.29, 0.717) is 69.3 Å². The third-order valence-electron chi connectivity index (χ3n) is 8.59. The average Bonchev–Trinajstić information content (AvgIpc) is 3.49. The fraction of sp³-hybridized carbons (Fsp3) is 0.382. The number of rotatable bonds is 8. The van der Waals surface area contributed by atoms with Crippen LogP contribution in [0.3, 0.4) is 0 Å². The number of nitrogens with zero attached hydrogens (tertiary/aromatic N) is 3. The summed E-state index contributed by atoms with van der Waals surface area (Å²) in [7, 11) is 0. The van der Waals surface area contributed by atoms with Crippen molar-refractivity contribution >= 4 is 28.9 Å².